The number of ether oxygens (including phenoxy) is 1. The molecule has 1 aliphatic heterocycles. The van der Waals surface area contributed by atoms with Crippen molar-refractivity contribution in [2.75, 3.05) is 39.3 Å². The molecule has 1 aliphatic rings. The van der Waals surface area contributed by atoms with E-state index in [2.05, 4.69) is 0 Å². The van der Waals surface area contributed by atoms with Gasteiger partial charge in [0.05, 0.1) is 18.2 Å². The number of ketones is 1. The van der Waals surface area contributed by atoms with Crippen molar-refractivity contribution in [2.45, 2.75) is 6.04 Å². The quantitative estimate of drug-likeness (QED) is 0.460. The molecule has 1 heterocycles. The Morgan fingerprint density at radius 1 is 1.10 bits per heavy atom. The van der Waals surface area contributed by atoms with Gasteiger partial charge in [0.2, 0.25) is 0 Å². The number of likely N-dealkylation sites (tertiary alicyclic amines) is 1. The summed E-state index contributed by atoms with van der Waals surface area (Å²) in [7, 11) is 5.33. The molecule has 0 spiro atoms. The smallest absolute Gasteiger partial charge is 0.295 e. The number of carbonyl (C=O) groups excluding carboxylic acids is 2. The van der Waals surface area contributed by atoms with Crippen LogP contribution in [0.25, 0.3) is 5.76 Å². The molecule has 6 nitrogen and oxygen atoms in total. The van der Waals surface area contributed by atoms with Gasteiger partial charge < -0.3 is 19.6 Å². The van der Waals surface area contributed by atoms with Crippen molar-refractivity contribution < 1.29 is 23.8 Å². The molecule has 1 unspecified atom stereocenters. The summed E-state index contributed by atoms with van der Waals surface area (Å²) in [6.07, 6.45) is 0. The summed E-state index contributed by atoms with van der Waals surface area (Å²) in [5.41, 5.74) is 1.90. The molecule has 1 fully saturated rings. The minimum absolute atomic E-state index is 0.0182. The number of Topliss-reactive ketones (excluding diaryl/α,β-unsaturated/α-hetero) is 1. The molecule has 0 bridgehead atoms. The van der Waals surface area contributed by atoms with E-state index in [1.165, 1.54) is 36.3 Å². The zero-order chi connectivity index (χ0) is 21.1. The van der Waals surface area contributed by atoms with E-state index in [1.54, 1.807) is 0 Å². The molecular weight excluding hydrogens is 375 g/mol. The van der Waals surface area contributed by atoms with Gasteiger partial charge in [0, 0.05) is 39.0 Å². The zero-order valence-corrected chi connectivity index (χ0v) is 16.6. The summed E-state index contributed by atoms with van der Waals surface area (Å²) < 4.78 is 18.4. The number of amides is 1. The highest BCUT2D eigenvalue weighted by molar-refractivity contribution is 6.46. The molecule has 29 heavy (non-hydrogen) atoms. The van der Waals surface area contributed by atoms with Gasteiger partial charge in [-0.05, 0) is 42.0 Å². The van der Waals surface area contributed by atoms with E-state index in [0.717, 1.165) is 5.69 Å². The Hall–Kier alpha value is -3.19. The normalized spacial score (nSPS) is 18.3. The Labute approximate surface area is 168 Å². The Morgan fingerprint density at radius 2 is 1.72 bits per heavy atom. The van der Waals surface area contributed by atoms with Gasteiger partial charge in [-0.15, -0.1) is 0 Å². The van der Waals surface area contributed by atoms with Crippen LogP contribution in [0.2, 0.25) is 0 Å². The van der Waals surface area contributed by atoms with E-state index >= 15 is 0 Å². The molecule has 1 N–H and O–H groups in total. The molecular formula is C22H23FN2O4. The molecule has 3 rings (SSSR count). The van der Waals surface area contributed by atoms with Crippen molar-refractivity contribution >= 4 is 23.1 Å². The molecule has 0 saturated carbocycles. The lowest BCUT2D eigenvalue weighted by molar-refractivity contribution is -0.140. The van der Waals surface area contributed by atoms with Crippen LogP contribution >= 0.6 is 0 Å². The van der Waals surface area contributed by atoms with Gasteiger partial charge in [-0.2, -0.15) is 0 Å². The Kier molecular flexibility index (Phi) is 5.98. The van der Waals surface area contributed by atoms with E-state index < -0.39 is 23.5 Å². The fraction of sp³-hybridized carbons (Fsp3) is 0.273. The highest BCUT2D eigenvalue weighted by atomic mass is 19.1. The fourth-order valence-electron chi connectivity index (χ4n) is 3.36. The van der Waals surface area contributed by atoms with Crippen LogP contribution in [0.4, 0.5) is 10.1 Å². The lowest BCUT2D eigenvalue weighted by Gasteiger charge is -2.25. The summed E-state index contributed by atoms with van der Waals surface area (Å²) in [4.78, 5) is 28.8. The second-order valence-electron chi connectivity index (χ2n) is 6.98. The van der Waals surface area contributed by atoms with Gasteiger partial charge in [-0.25, -0.2) is 4.39 Å². The number of halogens is 1. The van der Waals surface area contributed by atoms with Crippen LogP contribution < -0.4 is 4.90 Å². The van der Waals surface area contributed by atoms with Crippen LogP contribution in [0.1, 0.15) is 17.2 Å². The number of methoxy groups -OCH3 is 1. The lowest BCUT2D eigenvalue weighted by Crippen LogP contribution is -2.32. The predicted molar refractivity (Wildman–Crippen MR) is 108 cm³/mol. The molecule has 1 saturated heterocycles. The third-order valence-electron chi connectivity index (χ3n) is 4.92. The average Bonchev–Trinajstić information content (AvgIpc) is 2.97. The van der Waals surface area contributed by atoms with Gasteiger partial charge in [0.15, 0.2) is 0 Å². The second kappa shape index (κ2) is 8.45. The van der Waals surface area contributed by atoms with E-state index in [9.17, 15) is 19.1 Å². The van der Waals surface area contributed by atoms with Gasteiger partial charge in [0.1, 0.15) is 11.6 Å². The summed E-state index contributed by atoms with van der Waals surface area (Å²) in [5.74, 6) is -2.26. The Balaban J connectivity index is 2.13. The number of benzene rings is 2. The van der Waals surface area contributed by atoms with Gasteiger partial charge in [-0.1, -0.05) is 12.1 Å². The highest BCUT2D eigenvalue weighted by Crippen LogP contribution is 2.39. The minimum Gasteiger partial charge on any atom is -0.507 e. The van der Waals surface area contributed by atoms with Crippen LogP contribution in [0.3, 0.4) is 0 Å². The van der Waals surface area contributed by atoms with Crippen LogP contribution in [0.5, 0.6) is 0 Å². The van der Waals surface area contributed by atoms with Crippen molar-refractivity contribution in [1.82, 2.24) is 4.90 Å². The largest absolute Gasteiger partial charge is 0.507 e. The van der Waals surface area contributed by atoms with Crippen molar-refractivity contribution in [3.05, 3.63) is 71.0 Å². The molecule has 152 valence electrons. The maximum Gasteiger partial charge on any atom is 0.295 e. The molecule has 0 radical (unpaired) electrons. The Bertz CT molecular complexity index is 936. The SMILES string of the molecule is COCCN1C(=O)C(=O)/C(=C(\O)c2ccc(F)cc2)C1c1ccc(N(C)C)cc1. The molecule has 0 aromatic heterocycles. The maximum absolute atomic E-state index is 13.3. The number of nitrogens with zero attached hydrogens (tertiary/aromatic N) is 2. The van der Waals surface area contributed by atoms with Crippen LogP contribution in [0.15, 0.2) is 54.1 Å². The van der Waals surface area contributed by atoms with Gasteiger partial charge >= 0.3 is 0 Å². The maximum atomic E-state index is 13.3. The van der Waals surface area contributed by atoms with Crippen LogP contribution in [-0.4, -0.2) is 56.1 Å². The molecule has 2 aromatic rings. The lowest BCUT2D eigenvalue weighted by atomic mass is 9.95. The van der Waals surface area contributed by atoms with E-state index in [0.29, 0.717) is 5.56 Å². The number of rotatable bonds is 6. The number of hydrogen-bond acceptors (Lipinski definition) is 5. The first kappa shape index (κ1) is 20.5. The first-order chi connectivity index (χ1) is 13.8. The number of carbonyl (C=O) groups is 2. The minimum atomic E-state index is -0.774. The van der Waals surface area contributed by atoms with Crippen LogP contribution in [-0.2, 0) is 14.3 Å². The summed E-state index contributed by atoms with van der Waals surface area (Å²) in [5, 5.41) is 10.8. The first-order valence-corrected chi connectivity index (χ1v) is 9.15. The van der Waals surface area contributed by atoms with Gasteiger partial charge in [0.25, 0.3) is 11.7 Å². The standard InChI is InChI=1S/C22H23FN2O4/c1-24(2)17-10-6-14(7-11-17)19-18(20(26)15-4-8-16(23)9-5-15)21(27)22(28)25(19)12-13-29-3/h4-11,19,26H,12-13H2,1-3H3/b20-18-. The van der Waals surface area contributed by atoms with E-state index in [1.807, 2.05) is 43.3 Å². The van der Waals surface area contributed by atoms with Crippen LogP contribution in [0, 0.1) is 5.82 Å². The first-order valence-electron chi connectivity index (χ1n) is 9.15. The topological polar surface area (TPSA) is 70.1 Å². The van der Waals surface area contributed by atoms with E-state index in [-0.39, 0.29) is 30.0 Å². The zero-order valence-electron chi connectivity index (χ0n) is 16.6. The van der Waals surface area contributed by atoms with Crippen molar-refractivity contribution in [1.29, 1.82) is 0 Å². The summed E-state index contributed by atoms with van der Waals surface area (Å²) in [6, 6.07) is 11.8. The van der Waals surface area contributed by atoms with Crippen molar-refractivity contribution in [3.8, 4) is 0 Å². The molecule has 7 heteroatoms. The number of hydrogen-bond donors (Lipinski definition) is 1. The monoisotopic (exact) mass is 398 g/mol. The summed E-state index contributed by atoms with van der Waals surface area (Å²) >= 11 is 0. The average molecular weight is 398 g/mol. The fourth-order valence-corrected chi connectivity index (χ4v) is 3.36. The number of anilines is 1. The third kappa shape index (κ3) is 4.00. The number of aliphatic hydroxyl groups is 1. The van der Waals surface area contributed by atoms with Crippen molar-refractivity contribution in [2.24, 2.45) is 0 Å². The Morgan fingerprint density at radius 3 is 2.28 bits per heavy atom. The van der Waals surface area contributed by atoms with Crippen molar-refractivity contribution in [3.63, 3.8) is 0 Å². The third-order valence-corrected chi connectivity index (χ3v) is 4.92. The molecule has 1 atom stereocenters. The summed E-state index contributed by atoms with van der Waals surface area (Å²) in [6.45, 7) is 0.442. The second-order valence-corrected chi connectivity index (χ2v) is 6.98. The highest BCUT2D eigenvalue weighted by Gasteiger charge is 2.45. The predicted octanol–water partition coefficient (Wildman–Crippen LogP) is 2.96. The van der Waals surface area contributed by atoms with Gasteiger partial charge in [-0.3, -0.25) is 9.59 Å². The molecule has 1 amide bonds. The number of aliphatic hydroxyl groups excluding tert-OH is 1. The molecule has 2 aromatic carbocycles. The molecule has 0 aliphatic carbocycles. The van der Waals surface area contributed by atoms with E-state index in [4.69, 9.17) is 4.74 Å².